The van der Waals surface area contributed by atoms with Gasteiger partial charge in [0.15, 0.2) is 5.75 Å². The molecule has 0 radical (unpaired) electrons. The molecule has 0 saturated carbocycles. The fraction of sp³-hybridized carbons (Fsp3) is 0.318. The van der Waals surface area contributed by atoms with Crippen LogP contribution in [0, 0.1) is 10.1 Å². The summed E-state index contributed by atoms with van der Waals surface area (Å²) in [7, 11) is 2.40. The minimum Gasteiger partial charge on any atom is -0.490 e. The molecule has 12 heteroatoms. The summed E-state index contributed by atoms with van der Waals surface area (Å²) in [5.74, 6) is -1.67. The molecule has 2 amide bonds. The minimum atomic E-state index is -1.42. The van der Waals surface area contributed by atoms with Crippen LogP contribution in [0.1, 0.15) is 11.1 Å². The Morgan fingerprint density at radius 1 is 1.03 bits per heavy atom. The van der Waals surface area contributed by atoms with Gasteiger partial charge in [0.2, 0.25) is 5.91 Å². The Labute approximate surface area is 195 Å². The van der Waals surface area contributed by atoms with Crippen LogP contribution in [0.4, 0.5) is 10.5 Å². The molecule has 0 spiro atoms. The third kappa shape index (κ3) is 7.45. The number of aliphatic hydroxyl groups is 1. The van der Waals surface area contributed by atoms with Gasteiger partial charge in [0, 0.05) is 12.5 Å². The highest BCUT2D eigenvalue weighted by Gasteiger charge is 2.28. The topological polar surface area (TPSA) is 166 Å². The van der Waals surface area contributed by atoms with Gasteiger partial charge in [-0.25, -0.2) is 9.59 Å². The number of hydrogen-bond acceptors (Lipinski definition) is 9. The van der Waals surface area contributed by atoms with Crippen molar-refractivity contribution in [3.63, 3.8) is 0 Å². The number of rotatable bonds is 11. The number of methoxy groups -OCH3 is 2. The number of benzene rings is 2. The highest BCUT2D eigenvalue weighted by Crippen LogP contribution is 2.28. The number of nitrogens with one attached hydrogen (secondary N) is 2. The van der Waals surface area contributed by atoms with E-state index in [1.807, 2.05) is 0 Å². The molecule has 2 aromatic carbocycles. The second-order valence-electron chi connectivity index (χ2n) is 6.99. The van der Waals surface area contributed by atoms with E-state index in [0.717, 1.165) is 12.7 Å². The van der Waals surface area contributed by atoms with Crippen molar-refractivity contribution in [1.82, 2.24) is 10.6 Å². The van der Waals surface area contributed by atoms with Crippen molar-refractivity contribution in [2.24, 2.45) is 0 Å². The van der Waals surface area contributed by atoms with E-state index in [1.165, 1.54) is 25.3 Å². The first kappa shape index (κ1) is 26.1. The number of aliphatic hydroxyl groups excluding tert-OH is 1. The Morgan fingerprint density at radius 3 is 2.32 bits per heavy atom. The van der Waals surface area contributed by atoms with Gasteiger partial charge < -0.3 is 30.0 Å². The van der Waals surface area contributed by atoms with Gasteiger partial charge in [-0.05, 0) is 17.2 Å². The molecule has 2 aromatic rings. The molecule has 2 rings (SSSR count). The highest BCUT2D eigenvalue weighted by atomic mass is 16.6. The van der Waals surface area contributed by atoms with Crippen molar-refractivity contribution in [3.05, 3.63) is 69.8 Å². The van der Waals surface area contributed by atoms with E-state index in [1.54, 1.807) is 30.3 Å². The predicted molar refractivity (Wildman–Crippen MR) is 118 cm³/mol. The number of alkyl carbamates (subject to hydrolysis) is 1. The zero-order valence-corrected chi connectivity index (χ0v) is 18.6. The predicted octanol–water partition coefficient (Wildman–Crippen LogP) is 1.09. The minimum absolute atomic E-state index is 0.0333. The van der Waals surface area contributed by atoms with E-state index in [0.29, 0.717) is 5.56 Å². The maximum absolute atomic E-state index is 12.6. The number of hydrogen-bond donors (Lipinski definition) is 3. The quantitative estimate of drug-likeness (QED) is 0.245. The van der Waals surface area contributed by atoms with E-state index in [4.69, 9.17) is 14.2 Å². The van der Waals surface area contributed by atoms with Crippen LogP contribution in [-0.2, 0) is 32.1 Å². The molecule has 2 atom stereocenters. The molecule has 0 aliphatic heterocycles. The summed E-state index contributed by atoms with van der Waals surface area (Å²) in [5.41, 5.74) is 0.756. The van der Waals surface area contributed by atoms with E-state index in [-0.39, 0.29) is 24.5 Å². The van der Waals surface area contributed by atoms with Gasteiger partial charge in [0.1, 0.15) is 18.7 Å². The van der Waals surface area contributed by atoms with E-state index < -0.39 is 41.6 Å². The monoisotopic (exact) mass is 475 g/mol. The molecule has 0 saturated heterocycles. The molecule has 0 bridgehead atoms. The summed E-state index contributed by atoms with van der Waals surface area (Å²) >= 11 is 0. The Balaban J connectivity index is 2.05. The van der Waals surface area contributed by atoms with Crippen molar-refractivity contribution >= 4 is 23.7 Å². The molecule has 0 heterocycles. The van der Waals surface area contributed by atoms with Gasteiger partial charge >= 0.3 is 17.7 Å². The smallest absolute Gasteiger partial charge is 0.408 e. The van der Waals surface area contributed by atoms with Crippen molar-refractivity contribution in [1.29, 1.82) is 0 Å². The number of nitrogens with zero attached hydrogens (tertiary/aromatic N) is 1. The van der Waals surface area contributed by atoms with Crippen LogP contribution < -0.4 is 15.4 Å². The number of carbonyl (C=O) groups excluding carboxylic acids is 3. The van der Waals surface area contributed by atoms with Gasteiger partial charge in [-0.2, -0.15) is 0 Å². The van der Waals surface area contributed by atoms with Gasteiger partial charge in [-0.1, -0.05) is 36.4 Å². The summed E-state index contributed by atoms with van der Waals surface area (Å²) in [6.45, 7) is -0.818. The van der Waals surface area contributed by atoms with Crippen molar-refractivity contribution < 1.29 is 38.6 Å². The van der Waals surface area contributed by atoms with Crippen LogP contribution in [-0.4, -0.2) is 60.9 Å². The van der Waals surface area contributed by atoms with Crippen LogP contribution in [0.3, 0.4) is 0 Å². The van der Waals surface area contributed by atoms with Gasteiger partial charge in [0.25, 0.3) is 0 Å². The fourth-order valence-corrected chi connectivity index (χ4v) is 2.95. The van der Waals surface area contributed by atoms with E-state index in [9.17, 15) is 29.6 Å². The van der Waals surface area contributed by atoms with Crippen LogP contribution in [0.5, 0.6) is 5.75 Å². The van der Waals surface area contributed by atoms with Crippen molar-refractivity contribution in [2.45, 2.75) is 25.1 Å². The maximum Gasteiger partial charge on any atom is 0.408 e. The number of esters is 1. The first-order valence-electron chi connectivity index (χ1n) is 10.1. The highest BCUT2D eigenvalue weighted by molar-refractivity contribution is 5.89. The molecule has 34 heavy (non-hydrogen) atoms. The van der Waals surface area contributed by atoms with Gasteiger partial charge in [0.05, 0.1) is 25.7 Å². The Morgan fingerprint density at radius 2 is 1.74 bits per heavy atom. The summed E-state index contributed by atoms with van der Waals surface area (Å²) < 4.78 is 14.7. The Hall–Kier alpha value is -4.19. The molecular formula is C22H25N3O9. The zero-order chi connectivity index (χ0) is 25.1. The first-order chi connectivity index (χ1) is 16.3. The number of amides is 2. The number of carbonyl (C=O) groups is 3. The van der Waals surface area contributed by atoms with Crippen molar-refractivity contribution in [3.8, 4) is 5.75 Å². The average molecular weight is 475 g/mol. The van der Waals surface area contributed by atoms with Crippen molar-refractivity contribution in [2.75, 3.05) is 20.8 Å². The maximum atomic E-state index is 12.6. The van der Waals surface area contributed by atoms with E-state index in [2.05, 4.69) is 10.6 Å². The lowest BCUT2D eigenvalue weighted by molar-refractivity contribution is -0.385. The summed E-state index contributed by atoms with van der Waals surface area (Å²) in [5, 5.41) is 25.4. The molecule has 0 aliphatic carbocycles. The SMILES string of the molecule is COC(=O)[C@H](Cc1ccc(OC)c([N+](=O)[O-])c1)NC(=O)[C@H](CO)NC(=O)OCc1ccccc1. The number of ether oxygens (including phenoxy) is 3. The lowest BCUT2D eigenvalue weighted by atomic mass is 10.0. The molecule has 0 aliphatic rings. The van der Waals surface area contributed by atoms with Crippen LogP contribution in [0.25, 0.3) is 0 Å². The molecule has 0 fully saturated rings. The Kier molecular flexibility index (Phi) is 9.77. The van der Waals surface area contributed by atoms with Gasteiger partial charge in [-0.15, -0.1) is 0 Å². The Bertz CT molecular complexity index is 1010. The van der Waals surface area contributed by atoms with Crippen LogP contribution >= 0.6 is 0 Å². The third-order valence-electron chi connectivity index (χ3n) is 4.69. The van der Waals surface area contributed by atoms with Gasteiger partial charge in [-0.3, -0.25) is 14.9 Å². The standard InChI is InChI=1S/C22H25N3O9/c1-32-19-9-8-15(11-18(19)25(30)31)10-16(21(28)33-2)23-20(27)17(12-26)24-22(29)34-13-14-6-4-3-5-7-14/h3-9,11,16-17,26H,10,12-13H2,1-2H3,(H,23,27)(H,24,29)/t16-,17-/m0/s1. The van der Waals surface area contributed by atoms with Crippen LogP contribution in [0.15, 0.2) is 48.5 Å². The fourth-order valence-electron chi connectivity index (χ4n) is 2.95. The number of nitro groups is 1. The molecule has 3 N–H and O–H groups in total. The largest absolute Gasteiger partial charge is 0.490 e. The molecule has 182 valence electrons. The lowest BCUT2D eigenvalue weighted by Gasteiger charge is -2.21. The summed E-state index contributed by atoms with van der Waals surface area (Å²) in [6, 6.07) is 10.2. The lowest BCUT2D eigenvalue weighted by Crippen LogP contribution is -2.54. The normalized spacial score (nSPS) is 12.1. The van der Waals surface area contributed by atoms with Crippen LogP contribution in [0.2, 0.25) is 0 Å². The number of nitro benzene ring substituents is 1. The second-order valence-corrected chi connectivity index (χ2v) is 6.99. The molecule has 12 nitrogen and oxygen atoms in total. The average Bonchev–Trinajstić information content (AvgIpc) is 2.85. The van der Waals surface area contributed by atoms with E-state index >= 15 is 0 Å². The third-order valence-corrected chi connectivity index (χ3v) is 4.69. The molecule has 0 unspecified atom stereocenters. The second kappa shape index (κ2) is 12.7. The molecule has 0 aromatic heterocycles. The molecular weight excluding hydrogens is 450 g/mol. The first-order valence-corrected chi connectivity index (χ1v) is 10.1. The zero-order valence-electron chi connectivity index (χ0n) is 18.6. The summed E-state index contributed by atoms with van der Waals surface area (Å²) in [6.07, 6.45) is -1.10. The summed E-state index contributed by atoms with van der Waals surface area (Å²) in [4.78, 5) is 47.5.